The Balaban J connectivity index is 2.38. The molecule has 0 amide bonds. The fourth-order valence-electron chi connectivity index (χ4n) is 2.04. The van der Waals surface area contributed by atoms with Crippen LogP contribution in [0.3, 0.4) is 0 Å². The minimum Gasteiger partial charge on any atom is -0.392 e. The molecular formula is C11H20O. The van der Waals surface area contributed by atoms with E-state index in [9.17, 15) is 5.11 Å². The minimum absolute atomic E-state index is 0.150. The van der Waals surface area contributed by atoms with Crippen molar-refractivity contribution in [2.24, 2.45) is 11.8 Å². The molecule has 0 aromatic rings. The highest BCUT2D eigenvalue weighted by Crippen LogP contribution is 2.29. The van der Waals surface area contributed by atoms with Crippen molar-refractivity contribution in [3.63, 3.8) is 0 Å². The lowest BCUT2D eigenvalue weighted by Gasteiger charge is -2.29. The normalized spacial score (nSPS) is 24.8. The predicted octanol–water partition coefficient (Wildman–Crippen LogP) is 2.75. The third kappa shape index (κ3) is 2.34. The van der Waals surface area contributed by atoms with Crippen LogP contribution < -0.4 is 0 Å². The van der Waals surface area contributed by atoms with E-state index in [1.165, 1.54) is 32.1 Å². The van der Waals surface area contributed by atoms with E-state index in [0.717, 1.165) is 0 Å². The fraction of sp³-hybridized carbons (Fsp3) is 0.818. The number of aliphatic hydroxyl groups is 1. The van der Waals surface area contributed by atoms with Crippen LogP contribution in [0.5, 0.6) is 0 Å². The molecule has 12 heavy (non-hydrogen) atoms. The molecule has 0 radical (unpaired) electrons. The Morgan fingerprint density at radius 3 is 2.42 bits per heavy atom. The molecular weight excluding hydrogens is 148 g/mol. The number of aliphatic hydroxyl groups excluding tert-OH is 1. The second-order valence-electron chi connectivity index (χ2n) is 3.98. The lowest BCUT2D eigenvalue weighted by atomic mass is 9.81. The third-order valence-corrected chi connectivity index (χ3v) is 3.04. The van der Waals surface area contributed by atoms with Crippen LogP contribution in [-0.2, 0) is 0 Å². The van der Waals surface area contributed by atoms with E-state index in [0.29, 0.717) is 5.92 Å². The molecule has 0 bridgehead atoms. The minimum atomic E-state index is -0.150. The third-order valence-electron chi connectivity index (χ3n) is 3.04. The van der Waals surface area contributed by atoms with E-state index >= 15 is 0 Å². The maximum Gasteiger partial charge on any atom is 0.0628 e. The van der Waals surface area contributed by atoms with Crippen LogP contribution in [0.4, 0.5) is 0 Å². The number of hydrogen-bond acceptors (Lipinski definition) is 1. The molecule has 2 atom stereocenters. The summed E-state index contributed by atoms with van der Waals surface area (Å²) in [5.41, 5.74) is 0. The van der Waals surface area contributed by atoms with Crippen molar-refractivity contribution in [1.82, 2.24) is 0 Å². The highest BCUT2D eigenvalue weighted by atomic mass is 16.3. The molecule has 1 saturated carbocycles. The van der Waals surface area contributed by atoms with Gasteiger partial charge in [-0.25, -0.2) is 0 Å². The molecule has 1 nitrogen and oxygen atoms in total. The van der Waals surface area contributed by atoms with Gasteiger partial charge in [0.2, 0.25) is 0 Å². The molecule has 0 spiro atoms. The van der Waals surface area contributed by atoms with Gasteiger partial charge in [0.1, 0.15) is 0 Å². The van der Waals surface area contributed by atoms with Crippen molar-refractivity contribution < 1.29 is 5.11 Å². The molecule has 0 aromatic heterocycles. The summed E-state index contributed by atoms with van der Waals surface area (Å²) in [7, 11) is 0. The van der Waals surface area contributed by atoms with Gasteiger partial charge in [-0.1, -0.05) is 32.3 Å². The topological polar surface area (TPSA) is 20.2 Å². The summed E-state index contributed by atoms with van der Waals surface area (Å²) in [5, 5.41) is 9.87. The standard InChI is InChI=1S/C11H20O/c1-3-9(2)11(12)10-7-5-4-6-8-10/h3,9-12H,1,4-8H2,2H3/t9-,11?/m0/s1. The van der Waals surface area contributed by atoms with E-state index in [-0.39, 0.29) is 12.0 Å². The van der Waals surface area contributed by atoms with E-state index in [1.54, 1.807) is 0 Å². The highest BCUT2D eigenvalue weighted by molar-refractivity contribution is 4.86. The Morgan fingerprint density at radius 1 is 1.33 bits per heavy atom. The molecule has 1 heteroatoms. The van der Waals surface area contributed by atoms with Crippen LogP contribution in [0.2, 0.25) is 0 Å². The van der Waals surface area contributed by atoms with Crippen LogP contribution in [0.15, 0.2) is 12.7 Å². The molecule has 0 aliphatic heterocycles. The van der Waals surface area contributed by atoms with Gasteiger partial charge in [-0.2, -0.15) is 0 Å². The number of rotatable bonds is 3. The SMILES string of the molecule is C=C[C@H](C)C(O)C1CCCCC1. The summed E-state index contributed by atoms with van der Waals surface area (Å²) < 4.78 is 0. The summed E-state index contributed by atoms with van der Waals surface area (Å²) in [6.07, 6.45) is 8.07. The first-order valence-electron chi connectivity index (χ1n) is 5.06. The average Bonchev–Trinajstić information content (AvgIpc) is 2.17. The lowest BCUT2D eigenvalue weighted by molar-refractivity contribution is 0.0558. The summed E-state index contributed by atoms with van der Waals surface area (Å²) in [5.74, 6) is 0.792. The Labute approximate surface area is 75.5 Å². The van der Waals surface area contributed by atoms with Gasteiger partial charge in [-0.15, -0.1) is 6.58 Å². The van der Waals surface area contributed by atoms with Crippen molar-refractivity contribution in [3.05, 3.63) is 12.7 Å². The summed E-state index contributed by atoms with van der Waals surface area (Å²) >= 11 is 0. The van der Waals surface area contributed by atoms with Crippen molar-refractivity contribution in [2.75, 3.05) is 0 Å². The molecule has 1 aliphatic carbocycles. The van der Waals surface area contributed by atoms with E-state index in [4.69, 9.17) is 0 Å². The first-order valence-corrected chi connectivity index (χ1v) is 5.06. The maximum absolute atomic E-state index is 9.87. The zero-order chi connectivity index (χ0) is 8.97. The van der Waals surface area contributed by atoms with Gasteiger partial charge in [-0.05, 0) is 24.7 Å². The zero-order valence-electron chi connectivity index (χ0n) is 8.00. The maximum atomic E-state index is 9.87. The highest BCUT2D eigenvalue weighted by Gasteiger charge is 2.24. The Bertz CT molecular complexity index is 136. The second-order valence-corrected chi connectivity index (χ2v) is 3.98. The predicted molar refractivity (Wildman–Crippen MR) is 51.9 cm³/mol. The molecule has 70 valence electrons. The molecule has 1 unspecified atom stereocenters. The Morgan fingerprint density at radius 2 is 1.92 bits per heavy atom. The van der Waals surface area contributed by atoms with Crippen molar-refractivity contribution in [1.29, 1.82) is 0 Å². The molecule has 1 fully saturated rings. The molecule has 1 rings (SSSR count). The zero-order valence-corrected chi connectivity index (χ0v) is 8.00. The van der Waals surface area contributed by atoms with Crippen LogP contribution in [0, 0.1) is 11.8 Å². The first kappa shape index (κ1) is 9.79. The molecule has 1 N–H and O–H groups in total. The molecule has 1 aliphatic rings. The van der Waals surface area contributed by atoms with Crippen molar-refractivity contribution >= 4 is 0 Å². The first-order chi connectivity index (χ1) is 5.75. The van der Waals surface area contributed by atoms with Gasteiger partial charge >= 0.3 is 0 Å². The molecule has 0 heterocycles. The van der Waals surface area contributed by atoms with Crippen molar-refractivity contribution in [3.8, 4) is 0 Å². The van der Waals surface area contributed by atoms with Gasteiger partial charge in [0.15, 0.2) is 0 Å². The largest absolute Gasteiger partial charge is 0.392 e. The fourth-order valence-corrected chi connectivity index (χ4v) is 2.04. The Kier molecular flexibility index (Phi) is 3.80. The van der Waals surface area contributed by atoms with E-state index in [2.05, 4.69) is 6.58 Å². The smallest absolute Gasteiger partial charge is 0.0628 e. The van der Waals surface area contributed by atoms with Crippen LogP contribution in [0.1, 0.15) is 39.0 Å². The van der Waals surface area contributed by atoms with E-state index in [1.807, 2.05) is 13.0 Å². The van der Waals surface area contributed by atoms with Gasteiger partial charge in [0, 0.05) is 0 Å². The summed E-state index contributed by atoms with van der Waals surface area (Å²) in [6, 6.07) is 0. The van der Waals surface area contributed by atoms with Crippen LogP contribution in [0.25, 0.3) is 0 Å². The average molecular weight is 168 g/mol. The van der Waals surface area contributed by atoms with Crippen molar-refractivity contribution in [2.45, 2.75) is 45.1 Å². The quantitative estimate of drug-likeness (QED) is 0.642. The van der Waals surface area contributed by atoms with Crippen LogP contribution in [-0.4, -0.2) is 11.2 Å². The molecule has 0 aromatic carbocycles. The van der Waals surface area contributed by atoms with Crippen LogP contribution >= 0.6 is 0 Å². The number of hydrogen-bond donors (Lipinski definition) is 1. The summed E-state index contributed by atoms with van der Waals surface area (Å²) in [4.78, 5) is 0. The second kappa shape index (κ2) is 4.66. The van der Waals surface area contributed by atoms with Gasteiger partial charge in [0.25, 0.3) is 0 Å². The summed E-state index contributed by atoms with van der Waals surface area (Å²) in [6.45, 7) is 5.76. The van der Waals surface area contributed by atoms with Gasteiger partial charge in [0.05, 0.1) is 6.10 Å². The van der Waals surface area contributed by atoms with E-state index < -0.39 is 0 Å². The van der Waals surface area contributed by atoms with Gasteiger partial charge < -0.3 is 5.11 Å². The van der Waals surface area contributed by atoms with Gasteiger partial charge in [-0.3, -0.25) is 0 Å². The lowest BCUT2D eigenvalue weighted by Crippen LogP contribution is -2.28. The Hall–Kier alpha value is -0.300. The molecule has 0 saturated heterocycles. The monoisotopic (exact) mass is 168 g/mol.